The van der Waals surface area contributed by atoms with Crippen LogP contribution in [0.4, 0.5) is 0 Å². The maximum Gasteiger partial charge on any atom is 0.191 e. The first-order valence-electron chi connectivity index (χ1n) is 7.92. The Kier molecular flexibility index (Phi) is 6.05. The van der Waals surface area contributed by atoms with Crippen LogP contribution in [0.15, 0.2) is 35.3 Å². The van der Waals surface area contributed by atoms with Crippen molar-refractivity contribution >= 4 is 5.96 Å². The second-order valence-corrected chi connectivity index (χ2v) is 6.16. The van der Waals surface area contributed by atoms with Gasteiger partial charge in [0.25, 0.3) is 0 Å². The minimum Gasteiger partial charge on any atom is -0.370 e. The van der Waals surface area contributed by atoms with Crippen LogP contribution in [0, 0.1) is 5.92 Å². The van der Waals surface area contributed by atoms with Gasteiger partial charge < -0.3 is 15.5 Å². The van der Waals surface area contributed by atoms with Gasteiger partial charge in [0.05, 0.1) is 6.54 Å². The summed E-state index contributed by atoms with van der Waals surface area (Å²) in [5.74, 6) is 1.45. The zero-order valence-corrected chi connectivity index (χ0v) is 13.3. The number of likely N-dealkylation sites (tertiary alicyclic amines) is 1. The highest BCUT2D eigenvalue weighted by Gasteiger charge is 2.17. The lowest BCUT2D eigenvalue weighted by molar-refractivity contribution is 0.269. The molecule has 0 aliphatic carbocycles. The third-order valence-electron chi connectivity index (χ3n) is 4.03. The van der Waals surface area contributed by atoms with Crippen LogP contribution >= 0.6 is 0 Å². The summed E-state index contributed by atoms with van der Waals surface area (Å²) in [7, 11) is 2.13. The van der Waals surface area contributed by atoms with Gasteiger partial charge in [0.1, 0.15) is 0 Å². The Balaban J connectivity index is 1.73. The van der Waals surface area contributed by atoms with Crippen molar-refractivity contribution in [1.82, 2.24) is 9.80 Å². The Morgan fingerprint density at radius 3 is 2.86 bits per heavy atom. The highest BCUT2D eigenvalue weighted by atomic mass is 15.3. The summed E-state index contributed by atoms with van der Waals surface area (Å²) in [4.78, 5) is 9.05. The standard InChI is InChI=1S/C17H28N4/c1-15-7-6-11-21(13-15)17(18)19-10-12-20(2)14-16-8-4-3-5-9-16/h3-5,8-9,15H,6-7,10-14H2,1-2H3,(H2,18,19). The van der Waals surface area contributed by atoms with Gasteiger partial charge in [0.2, 0.25) is 0 Å². The summed E-state index contributed by atoms with van der Waals surface area (Å²) in [6, 6.07) is 10.5. The van der Waals surface area contributed by atoms with E-state index in [-0.39, 0.29) is 0 Å². The van der Waals surface area contributed by atoms with Gasteiger partial charge in [-0.25, -0.2) is 0 Å². The average Bonchev–Trinajstić information content (AvgIpc) is 2.48. The molecule has 21 heavy (non-hydrogen) atoms. The Labute approximate surface area is 128 Å². The number of likely N-dealkylation sites (N-methyl/N-ethyl adjacent to an activating group) is 1. The second kappa shape index (κ2) is 8.03. The van der Waals surface area contributed by atoms with Crippen molar-refractivity contribution in [3.8, 4) is 0 Å². The lowest BCUT2D eigenvalue weighted by Crippen LogP contribution is -2.43. The normalized spacial score (nSPS) is 20.0. The lowest BCUT2D eigenvalue weighted by Gasteiger charge is -2.31. The van der Waals surface area contributed by atoms with Gasteiger partial charge in [-0.2, -0.15) is 0 Å². The third kappa shape index (κ3) is 5.38. The molecule has 1 fully saturated rings. The van der Waals surface area contributed by atoms with Crippen LogP contribution in [0.1, 0.15) is 25.3 Å². The van der Waals surface area contributed by atoms with E-state index in [2.05, 4.69) is 53.0 Å². The molecule has 1 saturated heterocycles. The lowest BCUT2D eigenvalue weighted by atomic mass is 10.0. The van der Waals surface area contributed by atoms with Crippen molar-refractivity contribution in [2.75, 3.05) is 33.2 Å². The molecule has 0 spiro atoms. The molecule has 1 aliphatic heterocycles. The summed E-state index contributed by atoms with van der Waals surface area (Å²) in [5, 5.41) is 0. The Morgan fingerprint density at radius 2 is 2.14 bits per heavy atom. The fraction of sp³-hybridized carbons (Fsp3) is 0.588. The molecule has 0 amide bonds. The van der Waals surface area contributed by atoms with E-state index >= 15 is 0 Å². The number of rotatable bonds is 5. The van der Waals surface area contributed by atoms with E-state index in [1.807, 2.05) is 6.07 Å². The number of hydrogen-bond donors (Lipinski definition) is 1. The highest BCUT2D eigenvalue weighted by molar-refractivity contribution is 5.78. The maximum absolute atomic E-state index is 6.11. The van der Waals surface area contributed by atoms with Crippen molar-refractivity contribution in [2.45, 2.75) is 26.3 Å². The number of benzene rings is 1. The monoisotopic (exact) mass is 288 g/mol. The first-order valence-corrected chi connectivity index (χ1v) is 7.92. The first kappa shape index (κ1) is 15.8. The minimum absolute atomic E-state index is 0.717. The van der Waals surface area contributed by atoms with Gasteiger partial charge in [-0.1, -0.05) is 37.3 Å². The largest absolute Gasteiger partial charge is 0.370 e. The molecule has 1 aliphatic rings. The number of nitrogens with two attached hydrogens (primary N) is 1. The van der Waals surface area contributed by atoms with Gasteiger partial charge >= 0.3 is 0 Å². The number of guanidine groups is 1. The van der Waals surface area contributed by atoms with Gasteiger partial charge in [0, 0.05) is 26.2 Å². The van der Waals surface area contributed by atoms with Gasteiger partial charge in [-0.15, -0.1) is 0 Å². The molecule has 0 aromatic heterocycles. The highest BCUT2D eigenvalue weighted by Crippen LogP contribution is 2.14. The molecule has 2 N–H and O–H groups in total. The Bertz CT molecular complexity index is 443. The molecule has 4 heteroatoms. The summed E-state index contributed by atoms with van der Waals surface area (Å²) in [6.07, 6.45) is 2.54. The van der Waals surface area contributed by atoms with Gasteiger partial charge in [-0.3, -0.25) is 4.99 Å². The van der Waals surface area contributed by atoms with Crippen LogP contribution in [-0.2, 0) is 6.54 Å². The van der Waals surface area contributed by atoms with Crippen LogP contribution in [0.3, 0.4) is 0 Å². The molecule has 1 aromatic carbocycles. The molecule has 1 atom stereocenters. The molecule has 4 nitrogen and oxygen atoms in total. The molecule has 1 unspecified atom stereocenters. The zero-order chi connectivity index (χ0) is 15.1. The second-order valence-electron chi connectivity index (χ2n) is 6.16. The SMILES string of the molecule is CC1CCCN(C(N)=NCCN(C)Cc2ccccc2)C1. The van der Waals surface area contributed by atoms with Crippen LogP contribution in [0.2, 0.25) is 0 Å². The Hall–Kier alpha value is -1.55. The summed E-state index contributed by atoms with van der Waals surface area (Å²) in [6.45, 7) is 7.04. The minimum atomic E-state index is 0.717. The molecular weight excluding hydrogens is 260 g/mol. The van der Waals surface area contributed by atoms with E-state index in [0.717, 1.165) is 44.6 Å². The van der Waals surface area contributed by atoms with Crippen molar-refractivity contribution in [3.63, 3.8) is 0 Å². The average molecular weight is 288 g/mol. The fourth-order valence-corrected chi connectivity index (χ4v) is 2.81. The number of aliphatic imine (C=N–C) groups is 1. The van der Waals surface area contributed by atoms with E-state index in [1.165, 1.54) is 18.4 Å². The molecule has 0 saturated carbocycles. The van der Waals surface area contributed by atoms with Crippen LogP contribution in [-0.4, -0.2) is 49.0 Å². The summed E-state index contributed by atoms with van der Waals surface area (Å²) < 4.78 is 0. The predicted octanol–water partition coefficient (Wildman–Crippen LogP) is 2.16. The van der Waals surface area contributed by atoms with E-state index < -0.39 is 0 Å². The molecule has 2 rings (SSSR count). The van der Waals surface area contributed by atoms with E-state index in [9.17, 15) is 0 Å². The maximum atomic E-state index is 6.11. The molecule has 0 radical (unpaired) electrons. The summed E-state index contributed by atoms with van der Waals surface area (Å²) >= 11 is 0. The molecule has 116 valence electrons. The van der Waals surface area contributed by atoms with Gasteiger partial charge in [0.15, 0.2) is 5.96 Å². The van der Waals surface area contributed by atoms with Crippen molar-refractivity contribution in [2.24, 2.45) is 16.6 Å². The fourth-order valence-electron chi connectivity index (χ4n) is 2.81. The number of hydrogen-bond acceptors (Lipinski definition) is 2. The molecule has 1 aromatic rings. The van der Waals surface area contributed by atoms with E-state index in [0.29, 0.717) is 0 Å². The van der Waals surface area contributed by atoms with Crippen LogP contribution in [0.5, 0.6) is 0 Å². The van der Waals surface area contributed by atoms with Crippen molar-refractivity contribution in [3.05, 3.63) is 35.9 Å². The topological polar surface area (TPSA) is 44.9 Å². The quantitative estimate of drug-likeness (QED) is 0.667. The molecular formula is C17H28N4. The predicted molar refractivity (Wildman–Crippen MR) is 89.2 cm³/mol. The smallest absolute Gasteiger partial charge is 0.191 e. The van der Waals surface area contributed by atoms with Crippen molar-refractivity contribution in [1.29, 1.82) is 0 Å². The van der Waals surface area contributed by atoms with E-state index in [4.69, 9.17) is 5.73 Å². The third-order valence-corrected chi connectivity index (χ3v) is 4.03. The van der Waals surface area contributed by atoms with E-state index in [1.54, 1.807) is 0 Å². The molecule has 0 bridgehead atoms. The number of nitrogens with zero attached hydrogens (tertiary/aromatic N) is 3. The zero-order valence-electron chi connectivity index (χ0n) is 13.3. The first-order chi connectivity index (χ1) is 10.1. The Morgan fingerprint density at radius 1 is 1.38 bits per heavy atom. The van der Waals surface area contributed by atoms with Crippen LogP contribution < -0.4 is 5.73 Å². The summed E-state index contributed by atoms with van der Waals surface area (Å²) in [5.41, 5.74) is 7.44. The van der Waals surface area contributed by atoms with Crippen molar-refractivity contribution < 1.29 is 0 Å². The molecule has 1 heterocycles. The number of piperidine rings is 1. The van der Waals surface area contributed by atoms with Crippen LogP contribution in [0.25, 0.3) is 0 Å². The van der Waals surface area contributed by atoms with Gasteiger partial charge in [-0.05, 0) is 31.4 Å².